The maximum absolute atomic E-state index is 11.8. The second kappa shape index (κ2) is 4.97. The van der Waals surface area contributed by atoms with E-state index < -0.39 is 15.7 Å². The van der Waals surface area contributed by atoms with Gasteiger partial charge in [-0.25, -0.2) is 0 Å². The number of benzene rings is 1. The van der Waals surface area contributed by atoms with E-state index in [0.29, 0.717) is 11.3 Å². The highest BCUT2D eigenvalue weighted by atomic mass is 32.2. The zero-order chi connectivity index (χ0) is 11.5. The largest absolute Gasteiger partial charge is 0.274 e. The smallest absolute Gasteiger partial charge is 0.258 e. The quantitative estimate of drug-likeness (QED) is 0.603. The topological polar surface area (TPSA) is 60.2 Å². The van der Waals surface area contributed by atoms with Gasteiger partial charge in [0.1, 0.15) is 4.58 Å². The van der Waals surface area contributed by atoms with Crippen molar-refractivity contribution in [2.24, 2.45) is 0 Å². The van der Waals surface area contributed by atoms with Crippen molar-refractivity contribution in [1.82, 2.24) is 0 Å². The molecular formula is C10H11NO3S2. The van der Waals surface area contributed by atoms with Crippen molar-refractivity contribution in [1.29, 1.82) is 0 Å². The lowest BCUT2D eigenvalue weighted by Gasteiger charge is -2.20. The molecule has 1 saturated heterocycles. The highest BCUT2D eigenvalue weighted by Crippen LogP contribution is 2.40. The molecule has 2 atom stereocenters. The second-order valence-corrected chi connectivity index (χ2v) is 6.61. The van der Waals surface area contributed by atoms with E-state index in [1.807, 2.05) is 0 Å². The molecule has 1 fully saturated rings. The third kappa shape index (κ3) is 2.27. The van der Waals surface area contributed by atoms with Crippen LogP contribution in [-0.2, 0) is 10.8 Å². The predicted octanol–water partition coefficient (Wildman–Crippen LogP) is 2.48. The standard InChI is InChI=1S/C10H11NO3S2/c12-11(13)9-5-2-1-4-8(9)10-15-6-3-7-16(10)14/h1-2,4-5,10H,3,6-7H2/t10-,16?/m1/s1. The lowest BCUT2D eigenvalue weighted by molar-refractivity contribution is -0.385. The number of nitro benzene ring substituents is 1. The van der Waals surface area contributed by atoms with Gasteiger partial charge in [-0.2, -0.15) is 0 Å². The van der Waals surface area contributed by atoms with Gasteiger partial charge in [-0.15, -0.1) is 11.8 Å². The molecule has 1 unspecified atom stereocenters. The Hall–Kier alpha value is -0.880. The Labute approximate surface area is 100 Å². The summed E-state index contributed by atoms with van der Waals surface area (Å²) in [5.74, 6) is 1.56. The van der Waals surface area contributed by atoms with Crippen molar-refractivity contribution in [2.45, 2.75) is 11.0 Å². The molecule has 1 aliphatic heterocycles. The summed E-state index contributed by atoms with van der Waals surface area (Å²) in [6, 6.07) is 6.58. The van der Waals surface area contributed by atoms with Gasteiger partial charge in [0.05, 0.1) is 10.5 Å². The van der Waals surface area contributed by atoms with Crippen LogP contribution < -0.4 is 0 Å². The second-order valence-electron chi connectivity index (χ2n) is 3.46. The van der Waals surface area contributed by atoms with E-state index in [0.717, 1.165) is 12.2 Å². The minimum absolute atomic E-state index is 0.0789. The van der Waals surface area contributed by atoms with Gasteiger partial charge in [0.15, 0.2) is 0 Å². The molecule has 4 nitrogen and oxygen atoms in total. The fourth-order valence-electron chi connectivity index (χ4n) is 1.66. The Balaban J connectivity index is 2.38. The summed E-state index contributed by atoms with van der Waals surface area (Å²) < 4.78 is 11.6. The van der Waals surface area contributed by atoms with Gasteiger partial charge in [-0.3, -0.25) is 14.3 Å². The monoisotopic (exact) mass is 257 g/mol. The van der Waals surface area contributed by atoms with Crippen LogP contribution in [-0.4, -0.2) is 20.6 Å². The average molecular weight is 257 g/mol. The molecule has 1 aromatic carbocycles. The highest BCUT2D eigenvalue weighted by Gasteiger charge is 2.28. The first-order valence-corrected chi connectivity index (χ1v) is 7.35. The van der Waals surface area contributed by atoms with E-state index in [1.165, 1.54) is 6.07 Å². The molecule has 1 aromatic rings. The van der Waals surface area contributed by atoms with Crippen molar-refractivity contribution in [3.05, 3.63) is 39.9 Å². The third-order valence-corrected chi connectivity index (χ3v) is 5.94. The van der Waals surface area contributed by atoms with Crippen molar-refractivity contribution in [3.63, 3.8) is 0 Å². The van der Waals surface area contributed by atoms with Crippen LogP contribution in [0.5, 0.6) is 0 Å². The molecule has 16 heavy (non-hydrogen) atoms. The van der Waals surface area contributed by atoms with Crippen LogP contribution in [0.15, 0.2) is 24.3 Å². The Morgan fingerprint density at radius 2 is 2.19 bits per heavy atom. The lowest BCUT2D eigenvalue weighted by Crippen LogP contribution is -2.14. The highest BCUT2D eigenvalue weighted by molar-refractivity contribution is 8.11. The van der Waals surface area contributed by atoms with Gasteiger partial charge < -0.3 is 0 Å². The lowest BCUT2D eigenvalue weighted by atomic mass is 10.2. The molecule has 2 rings (SSSR count). The normalized spacial score (nSPS) is 25.2. The summed E-state index contributed by atoms with van der Waals surface area (Å²) in [5, 5.41) is 10.9. The number of nitrogens with zero attached hydrogens (tertiary/aromatic N) is 1. The number of nitro groups is 1. The molecule has 0 radical (unpaired) electrons. The molecule has 0 saturated carbocycles. The van der Waals surface area contributed by atoms with Crippen molar-refractivity contribution in [2.75, 3.05) is 11.5 Å². The fraction of sp³-hybridized carbons (Fsp3) is 0.400. The molecule has 0 amide bonds. The SMILES string of the molecule is O=[N+]([O-])c1ccccc1[C@@H]1SCCCS1=O. The Bertz CT molecular complexity index is 436. The van der Waals surface area contributed by atoms with E-state index in [1.54, 1.807) is 30.0 Å². The Kier molecular flexibility index (Phi) is 3.60. The number of para-hydroxylation sites is 1. The summed E-state index contributed by atoms with van der Waals surface area (Å²) in [4.78, 5) is 10.5. The van der Waals surface area contributed by atoms with Gasteiger partial charge in [-0.1, -0.05) is 18.2 Å². The predicted molar refractivity (Wildman–Crippen MR) is 65.9 cm³/mol. The van der Waals surface area contributed by atoms with Crippen LogP contribution in [0.25, 0.3) is 0 Å². The van der Waals surface area contributed by atoms with E-state index >= 15 is 0 Å². The molecule has 1 aliphatic rings. The summed E-state index contributed by atoms with van der Waals surface area (Å²) in [6.07, 6.45) is 0.925. The van der Waals surface area contributed by atoms with Gasteiger partial charge in [0.25, 0.3) is 5.69 Å². The van der Waals surface area contributed by atoms with E-state index in [4.69, 9.17) is 0 Å². The van der Waals surface area contributed by atoms with Crippen LogP contribution in [0.4, 0.5) is 5.69 Å². The number of hydrogen-bond acceptors (Lipinski definition) is 4. The van der Waals surface area contributed by atoms with Crippen LogP contribution in [0.2, 0.25) is 0 Å². The summed E-state index contributed by atoms with van der Waals surface area (Å²) in [5.41, 5.74) is 0.672. The van der Waals surface area contributed by atoms with Crippen molar-refractivity contribution < 1.29 is 9.13 Å². The van der Waals surface area contributed by atoms with Gasteiger partial charge >= 0.3 is 0 Å². The number of rotatable bonds is 2. The van der Waals surface area contributed by atoms with Crippen LogP contribution in [0, 0.1) is 10.1 Å². The minimum Gasteiger partial charge on any atom is -0.258 e. The summed E-state index contributed by atoms with van der Waals surface area (Å²) in [6.45, 7) is 0. The van der Waals surface area contributed by atoms with E-state index in [-0.39, 0.29) is 10.3 Å². The molecule has 0 N–H and O–H groups in total. The van der Waals surface area contributed by atoms with E-state index in [9.17, 15) is 14.3 Å². The number of hydrogen-bond donors (Lipinski definition) is 0. The maximum Gasteiger partial charge on any atom is 0.274 e. The molecule has 86 valence electrons. The third-order valence-electron chi connectivity index (χ3n) is 2.39. The van der Waals surface area contributed by atoms with Crippen LogP contribution >= 0.6 is 11.8 Å². The van der Waals surface area contributed by atoms with Gasteiger partial charge in [0.2, 0.25) is 0 Å². The first-order chi connectivity index (χ1) is 7.70. The molecule has 0 spiro atoms. The first-order valence-electron chi connectivity index (χ1n) is 4.92. The maximum atomic E-state index is 11.8. The Morgan fingerprint density at radius 1 is 1.44 bits per heavy atom. The van der Waals surface area contributed by atoms with Gasteiger partial charge in [0, 0.05) is 22.6 Å². The summed E-state index contributed by atoms with van der Waals surface area (Å²) >= 11 is 1.55. The Morgan fingerprint density at radius 3 is 2.88 bits per heavy atom. The average Bonchev–Trinajstić information content (AvgIpc) is 2.29. The van der Waals surface area contributed by atoms with Crippen LogP contribution in [0.1, 0.15) is 16.6 Å². The molecule has 0 aromatic heterocycles. The van der Waals surface area contributed by atoms with Crippen LogP contribution in [0.3, 0.4) is 0 Å². The fourth-order valence-corrected chi connectivity index (χ4v) is 5.06. The van der Waals surface area contributed by atoms with Crippen molar-refractivity contribution in [3.8, 4) is 0 Å². The molecule has 1 heterocycles. The zero-order valence-electron chi connectivity index (χ0n) is 8.50. The first kappa shape index (κ1) is 11.6. The zero-order valence-corrected chi connectivity index (χ0v) is 10.1. The molecule has 6 heteroatoms. The van der Waals surface area contributed by atoms with Crippen molar-refractivity contribution >= 4 is 28.2 Å². The molecule has 0 bridgehead atoms. The number of thioether (sulfide) groups is 1. The molecule has 0 aliphatic carbocycles. The van der Waals surface area contributed by atoms with E-state index in [2.05, 4.69) is 0 Å². The van der Waals surface area contributed by atoms with Gasteiger partial charge in [-0.05, 0) is 12.2 Å². The minimum atomic E-state index is -0.997. The molecular weight excluding hydrogens is 246 g/mol. The summed E-state index contributed by atoms with van der Waals surface area (Å²) in [7, 11) is -0.997.